The quantitative estimate of drug-likeness (QED) is 0.685. The number of hydrogen-bond acceptors (Lipinski definition) is 5. The summed E-state index contributed by atoms with van der Waals surface area (Å²) in [6.07, 6.45) is 0.629. The molecule has 1 aliphatic rings. The van der Waals surface area contributed by atoms with Gasteiger partial charge in [-0.3, -0.25) is 4.79 Å². The van der Waals surface area contributed by atoms with E-state index in [9.17, 15) is 13.2 Å². The molecule has 1 saturated heterocycles. The zero-order chi connectivity index (χ0) is 19.3. The lowest BCUT2D eigenvalue weighted by atomic mass is 10.1. The Bertz CT molecular complexity index is 898. The molecular weight excluding hydrogens is 402 g/mol. The fourth-order valence-electron chi connectivity index (χ4n) is 2.91. The van der Waals surface area contributed by atoms with E-state index in [0.717, 1.165) is 5.56 Å². The molecule has 0 saturated carbocycles. The van der Waals surface area contributed by atoms with Gasteiger partial charge in [0.05, 0.1) is 23.7 Å². The van der Waals surface area contributed by atoms with Gasteiger partial charge >= 0.3 is 0 Å². The lowest BCUT2D eigenvalue weighted by Gasteiger charge is -2.26. The molecule has 0 bridgehead atoms. The van der Waals surface area contributed by atoms with Crippen LogP contribution in [0.15, 0.2) is 53.4 Å². The summed E-state index contributed by atoms with van der Waals surface area (Å²) in [5, 5.41) is 2.80. The minimum Gasteiger partial charge on any atom is -0.399 e. The summed E-state index contributed by atoms with van der Waals surface area (Å²) in [6, 6.07) is 13.7. The van der Waals surface area contributed by atoms with Crippen LogP contribution in [0.1, 0.15) is 15.9 Å². The number of nitrogens with one attached hydrogen (secondary N) is 1. The number of carbonyl (C=O) groups excluding carboxylic acids is 1. The third kappa shape index (κ3) is 5.23. The Morgan fingerprint density at radius 2 is 1.71 bits per heavy atom. The minimum absolute atomic E-state index is 0. The number of ether oxygens (including phenoxy) is 1. The zero-order valence-electron chi connectivity index (χ0n) is 15.3. The second-order valence-corrected chi connectivity index (χ2v) is 8.17. The van der Waals surface area contributed by atoms with Gasteiger partial charge in [0.25, 0.3) is 5.91 Å². The van der Waals surface area contributed by atoms with Gasteiger partial charge < -0.3 is 15.8 Å². The molecule has 152 valence electrons. The highest BCUT2D eigenvalue weighted by Crippen LogP contribution is 2.21. The van der Waals surface area contributed by atoms with E-state index in [2.05, 4.69) is 5.32 Å². The standard InChI is InChI=1S/C19H23N3O4S.ClH/c20-16-7-5-15(6-8-16)9-10-21-19(23)17-3-1-2-4-18(17)27(24,25)22-11-13-26-14-12-22;/h1-8H,9-14,20H2,(H,21,23);1H. The molecule has 1 aliphatic heterocycles. The number of nitrogens with two attached hydrogens (primary N) is 1. The van der Waals surface area contributed by atoms with E-state index in [-0.39, 0.29) is 36.0 Å². The minimum atomic E-state index is -3.74. The van der Waals surface area contributed by atoms with Gasteiger partial charge in [-0.1, -0.05) is 24.3 Å². The molecule has 2 aromatic carbocycles. The number of hydrogen-bond donors (Lipinski definition) is 2. The second kappa shape index (κ2) is 9.88. The number of morpholine rings is 1. The molecule has 3 rings (SSSR count). The smallest absolute Gasteiger partial charge is 0.252 e. The maximum atomic E-state index is 12.9. The van der Waals surface area contributed by atoms with Crippen LogP contribution in [-0.4, -0.2) is 51.5 Å². The number of nitrogens with zero attached hydrogens (tertiary/aromatic N) is 1. The molecule has 1 amide bonds. The van der Waals surface area contributed by atoms with Crippen molar-refractivity contribution < 1.29 is 17.9 Å². The maximum Gasteiger partial charge on any atom is 0.252 e. The average molecular weight is 426 g/mol. The van der Waals surface area contributed by atoms with Crippen LogP contribution in [-0.2, 0) is 21.2 Å². The Balaban J connectivity index is 0.00000280. The topological polar surface area (TPSA) is 102 Å². The molecule has 0 radical (unpaired) electrons. The summed E-state index contributed by atoms with van der Waals surface area (Å²) in [4.78, 5) is 12.6. The predicted octanol–water partition coefficient (Wildman–Crippen LogP) is 1.68. The number of rotatable bonds is 6. The van der Waals surface area contributed by atoms with Crippen molar-refractivity contribution in [3.63, 3.8) is 0 Å². The highest BCUT2D eigenvalue weighted by atomic mass is 35.5. The molecular formula is C19H24ClN3O4S. The second-order valence-electron chi connectivity index (χ2n) is 6.26. The molecule has 3 N–H and O–H groups in total. The number of anilines is 1. The van der Waals surface area contributed by atoms with Crippen LogP contribution in [0.5, 0.6) is 0 Å². The zero-order valence-corrected chi connectivity index (χ0v) is 17.0. The van der Waals surface area contributed by atoms with E-state index < -0.39 is 15.9 Å². The Morgan fingerprint density at radius 1 is 1.07 bits per heavy atom. The summed E-state index contributed by atoms with van der Waals surface area (Å²) >= 11 is 0. The summed E-state index contributed by atoms with van der Waals surface area (Å²) in [5.41, 5.74) is 7.54. The normalized spacial score (nSPS) is 14.9. The third-order valence-electron chi connectivity index (χ3n) is 4.40. The van der Waals surface area contributed by atoms with Crippen LogP contribution in [0, 0.1) is 0 Å². The molecule has 1 fully saturated rings. The Labute approximate surface area is 171 Å². The molecule has 0 aromatic heterocycles. The van der Waals surface area contributed by atoms with E-state index >= 15 is 0 Å². The van der Waals surface area contributed by atoms with E-state index in [1.165, 1.54) is 16.4 Å². The third-order valence-corrected chi connectivity index (χ3v) is 6.36. The SMILES string of the molecule is Cl.Nc1ccc(CCNC(=O)c2ccccc2S(=O)(=O)N2CCOCC2)cc1. The fourth-order valence-corrected chi connectivity index (χ4v) is 4.50. The van der Waals surface area contributed by atoms with Crippen molar-refractivity contribution in [2.45, 2.75) is 11.3 Å². The van der Waals surface area contributed by atoms with Gasteiger partial charge in [-0.25, -0.2) is 8.42 Å². The summed E-state index contributed by atoms with van der Waals surface area (Å²) in [7, 11) is -3.74. The first-order valence-corrected chi connectivity index (χ1v) is 10.2. The molecule has 1 heterocycles. The van der Waals surface area contributed by atoms with Gasteiger partial charge in [-0.15, -0.1) is 12.4 Å². The van der Waals surface area contributed by atoms with Crippen LogP contribution >= 0.6 is 12.4 Å². The fraction of sp³-hybridized carbons (Fsp3) is 0.316. The van der Waals surface area contributed by atoms with E-state index in [4.69, 9.17) is 10.5 Å². The predicted molar refractivity (Wildman–Crippen MR) is 110 cm³/mol. The molecule has 9 heteroatoms. The lowest BCUT2D eigenvalue weighted by molar-refractivity contribution is 0.0730. The first kappa shape index (κ1) is 22.2. The van der Waals surface area contributed by atoms with E-state index in [1.807, 2.05) is 12.1 Å². The van der Waals surface area contributed by atoms with E-state index in [1.54, 1.807) is 24.3 Å². The number of amides is 1. The van der Waals surface area contributed by atoms with Crippen LogP contribution in [0.3, 0.4) is 0 Å². The Kier molecular flexibility index (Phi) is 7.82. The van der Waals surface area contributed by atoms with Crippen molar-refractivity contribution in [3.05, 3.63) is 59.7 Å². The first-order chi connectivity index (χ1) is 13.0. The summed E-state index contributed by atoms with van der Waals surface area (Å²) in [5.74, 6) is -0.405. The lowest BCUT2D eigenvalue weighted by Crippen LogP contribution is -2.41. The van der Waals surface area contributed by atoms with Gasteiger partial charge in [0.15, 0.2) is 0 Å². The van der Waals surface area contributed by atoms with Gasteiger partial charge in [0.1, 0.15) is 0 Å². The molecule has 0 spiro atoms. The van der Waals surface area contributed by atoms with Crippen LogP contribution in [0.4, 0.5) is 5.69 Å². The molecule has 0 atom stereocenters. The van der Waals surface area contributed by atoms with E-state index in [0.29, 0.717) is 31.9 Å². The number of halogens is 1. The molecule has 2 aromatic rings. The van der Waals surface area contributed by atoms with Gasteiger partial charge in [0.2, 0.25) is 10.0 Å². The van der Waals surface area contributed by atoms with Crippen molar-refractivity contribution in [3.8, 4) is 0 Å². The highest BCUT2D eigenvalue weighted by Gasteiger charge is 2.29. The number of nitrogen functional groups attached to an aromatic ring is 1. The highest BCUT2D eigenvalue weighted by molar-refractivity contribution is 7.89. The number of carbonyl (C=O) groups is 1. The summed E-state index contributed by atoms with van der Waals surface area (Å²) < 4.78 is 32.4. The molecule has 28 heavy (non-hydrogen) atoms. The van der Waals surface area contributed by atoms with Crippen LogP contribution < -0.4 is 11.1 Å². The molecule has 0 unspecified atom stereocenters. The van der Waals surface area contributed by atoms with Crippen molar-refractivity contribution in [1.29, 1.82) is 0 Å². The van der Waals surface area contributed by atoms with Gasteiger partial charge in [-0.2, -0.15) is 4.31 Å². The van der Waals surface area contributed by atoms with Crippen molar-refractivity contribution >= 4 is 34.0 Å². The molecule has 7 nitrogen and oxygen atoms in total. The Morgan fingerprint density at radius 3 is 2.39 bits per heavy atom. The Hall–Kier alpha value is -2.13. The monoisotopic (exact) mass is 425 g/mol. The first-order valence-electron chi connectivity index (χ1n) is 8.78. The van der Waals surface area contributed by atoms with Crippen molar-refractivity contribution in [2.24, 2.45) is 0 Å². The maximum absolute atomic E-state index is 12.9. The van der Waals surface area contributed by atoms with Crippen LogP contribution in [0.2, 0.25) is 0 Å². The number of sulfonamides is 1. The van der Waals surface area contributed by atoms with Gasteiger partial charge in [-0.05, 0) is 36.2 Å². The largest absolute Gasteiger partial charge is 0.399 e. The van der Waals surface area contributed by atoms with Crippen molar-refractivity contribution in [2.75, 3.05) is 38.6 Å². The van der Waals surface area contributed by atoms with Crippen LogP contribution in [0.25, 0.3) is 0 Å². The molecule has 0 aliphatic carbocycles. The average Bonchev–Trinajstić information content (AvgIpc) is 2.70. The number of benzene rings is 2. The van der Waals surface area contributed by atoms with Gasteiger partial charge in [0, 0.05) is 25.3 Å². The van der Waals surface area contributed by atoms with Crippen molar-refractivity contribution in [1.82, 2.24) is 9.62 Å². The summed E-state index contributed by atoms with van der Waals surface area (Å²) in [6.45, 7) is 1.68.